The molecule has 8 nitrogen and oxygen atoms in total. The number of carbonyl (C=O) groups excluding carboxylic acids is 1. The first-order valence-corrected chi connectivity index (χ1v) is 9.33. The van der Waals surface area contributed by atoms with Crippen LogP contribution in [-0.4, -0.2) is 48.4 Å². The van der Waals surface area contributed by atoms with Crippen LogP contribution in [0.25, 0.3) is 0 Å². The topological polar surface area (TPSA) is 106 Å². The molecule has 1 aromatic carbocycles. The minimum atomic E-state index is -0.240. The number of aromatic nitrogens is 2. The number of anilines is 2. The van der Waals surface area contributed by atoms with Crippen LogP contribution in [0.1, 0.15) is 31.0 Å². The summed E-state index contributed by atoms with van der Waals surface area (Å²) in [4.78, 5) is 14.5. The lowest BCUT2D eigenvalue weighted by Gasteiger charge is -2.19. The molecule has 2 atom stereocenters. The van der Waals surface area contributed by atoms with Gasteiger partial charge in [-0.05, 0) is 42.8 Å². The molecule has 0 bridgehead atoms. The predicted octanol–water partition coefficient (Wildman–Crippen LogP) is 2.07. The molecule has 28 heavy (non-hydrogen) atoms. The quantitative estimate of drug-likeness (QED) is 0.734. The van der Waals surface area contributed by atoms with Crippen molar-refractivity contribution >= 4 is 17.5 Å². The lowest BCUT2D eigenvalue weighted by Crippen LogP contribution is -2.49. The molecule has 1 aliphatic heterocycles. The van der Waals surface area contributed by atoms with Crippen LogP contribution < -0.4 is 20.9 Å². The van der Waals surface area contributed by atoms with Crippen molar-refractivity contribution in [2.24, 2.45) is 0 Å². The molecule has 2 aromatic rings. The molecule has 8 heteroatoms. The summed E-state index contributed by atoms with van der Waals surface area (Å²) in [6, 6.07) is 13.0. The van der Waals surface area contributed by atoms with Crippen LogP contribution in [-0.2, 0) is 0 Å². The van der Waals surface area contributed by atoms with Crippen molar-refractivity contribution in [1.82, 2.24) is 20.8 Å². The first-order chi connectivity index (χ1) is 13.5. The number of benzene rings is 1. The summed E-state index contributed by atoms with van der Waals surface area (Å²) in [6.45, 7) is 5.56. The van der Waals surface area contributed by atoms with Gasteiger partial charge >= 0.3 is 6.03 Å². The molecule has 2 heterocycles. The van der Waals surface area contributed by atoms with Crippen molar-refractivity contribution in [2.75, 3.05) is 30.4 Å². The van der Waals surface area contributed by atoms with Crippen LogP contribution in [0.15, 0.2) is 36.4 Å². The Bertz CT molecular complexity index is 842. The second-order valence-electron chi connectivity index (χ2n) is 7.17. The van der Waals surface area contributed by atoms with E-state index in [4.69, 9.17) is 5.26 Å². The Kier molecular flexibility index (Phi) is 6.06. The van der Waals surface area contributed by atoms with Crippen LogP contribution in [0.2, 0.25) is 0 Å². The average Bonchev–Trinajstić information content (AvgIpc) is 3.11. The van der Waals surface area contributed by atoms with Crippen molar-refractivity contribution in [1.29, 1.82) is 5.26 Å². The standard InChI is InChI=1S/C20H25N7O/c1-13(2)14-4-6-15(7-5-14)23-20(28)24-18-12-27(11-17(18)22-3)19-9-8-16(10-21)25-26-19/h4-9,13,17-18,22H,11-12H2,1-3H3,(H2,23,24,28)/t17-,18-/m0/s1. The van der Waals surface area contributed by atoms with Crippen LogP contribution in [0.5, 0.6) is 0 Å². The third-order valence-corrected chi connectivity index (χ3v) is 4.93. The van der Waals surface area contributed by atoms with E-state index in [-0.39, 0.29) is 23.8 Å². The molecule has 0 unspecified atom stereocenters. The highest BCUT2D eigenvalue weighted by Crippen LogP contribution is 2.19. The summed E-state index contributed by atoms with van der Waals surface area (Å²) in [5.41, 5.74) is 2.28. The zero-order chi connectivity index (χ0) is 20.1. The number of nitrogens with zero attached hydrogens (tertiary/aromatic N) is 4. The molecule has 0 saturated carbocycles. The number of carbonyl (C=O) groups is 1. The van der Waals surface area contributed by atoms with E-state index < -0.39 is 0 Å². The lowest BCUT2D eigenvalue weighted by molar-refractivity contribution is 0.247. The van der Waals surface area contributed by atoms with Crippen LogP contribution in [0.4, 0.5) is 16.3 Å². The fourth-order valence-corrected chi connectivity index (χ4v) is 3.27. The summed E-state index contributed by atoms with van der Waals surface area (Å²) < 4.78 is 0. The third-order valence-electron chi connectivity index (χ3n) is 4.93. The van der Waals surface area contributed by atoms with Crippen LogP contribution in [0, 0.1) is 11.3 Å². The van der Waals surface area contributed by atoms with Gasteiger partial charge in [0.05, 0.1) is 6.04 Å². The van der Waals surface area contributed by atoms with Crippen LogP contribution in [0.3, 0.4) is 0 Å². The number of nitrogens with one attached hydrogen (secondary N) is 3. The molecule has 3 rings (SSSR count). The predicted molar refractivity (Wildman–Crippen MR) is 108 cm³/mol. The molecule has 0 radical (unpaired) electrons. The van der Waals surface area contributed by atoms with E-state index in [2.05, 4.69) is 40.0 Å². The Labute approximate surface area is 165 Å². The number of hydrogen-bond donors (Lipinski definition) is 3. The van der Waals surface area contributed by atoms with Gasteiger partial charge in [-0.25, -0.2) is 4.79 Å². The Morgan fingerprint density at radius 2 is 1.86 bits per heavy atom. The molecule has 1 fully saturated rings. The normalized spacial score (nSPS) is 18.8. The number of amides is 2. The van der Waals surface area contributed by atoms with Crippen molar-refractivity contribution in [3.63, 3.8) is 0 Å². The highest BCUT2D eigenvalue weighted by atomic mass is 16.2. The SMILES string of the molecule is CN[C@H]1CN(c2ccc(C#N)nn2)C[C@@H]1NC(=O)Nc1ccc(C(C)C)cc1. The summed E-state index contributed by atoms with van der Waals surface area (Å²) >= 11 is 0. The largest absolute Gasteiger partial charge is 0.351 e. The monoisotopic (exact) mass is 379 g/mol. The smallest absolute Gasteiger partial charge is 0.319 e. The Balaban J connectivity index is 1.60. The minimum absolute atomic E-state index is 0.0755. The molecular formula is C20H25N7O. The molecular weight excluding hydrogens is 354 g/mol. The van der Waals surface area contributed by atoms with Gasteiger partial charge in [0.25, 0.3) is 0 Å². The molecule has 1 aromatic heterocycles. The fraction of sp³-hybridized carbons (Fsp3) is 0.400. The molecule has 2 amide bonds. The van der Waals surface area contributed by atoms with Gasteiger partial charge in [0.15, 0.2) is 11.5 Å². The Morgan fingerprint density at radius 3 is 2.43 bits per heavy atom. The highest BCUT2D eigenvalue weighted by molar-refractivity contribution is 5.89. The van der Waals surface area contributed by atoms with Crippen molar-refractivity contribution in [3.8, 4) is 6.07 Å². The van der Waals surface area contributed by atoms with Gasteiger partial charge in [-0.15, -0.1) is 10.2 Å². The van der Waals surface area contributed by atoms with Crippen LogP contribution >= 0.6 is 0 Å². The fourth-order valence-electron chi connectivity index (χ4n) is 3.27. The van der Waals surface area contributed by atoms with E-state index in [0.717, 1.165) is 5.69 Å². The van der Waals surface area contributed by atoms with Crippen molar-refractivity contribution in [3.05, 3.63) is 47.7 Å². The summed E-state index contributed by atoms with van der Waals surface area (Å²) in [7, 11) is 1.87. The molecule has 0 aliphatic carbocycles. The molecule has 0 spiro atoms. The maximum atomic E-state index is 12.4. The second kappa shape index (κ2) is 8.67. The minimum Gasteiger partial charge on any atom is -0.351 e. The van der Waals surface area contributed by atoms with Crippen molar-refractivity contribution in [2.45, 2.75) is 31.8 Å². The van der Waals surface area contributed by atoms with Gasteiger partial charge in [0.2, 0.25) is 0 Å². The Morgan fingerprint density at radius 1 is 1.14 bits per heavy atom. The lowest BCUT2D eigenvalue weighted by atomic mass is 10.0. The number of rotatable bonds is 5. The van der Waals surface area contributed by atoms with Gasteiger partial charge < -0.3 is 20.9 Å². The Hall–Kier alpha value is -3.18. The van der Waals surface area contributed by atoms with E-state index >= 15 is 0 Å². The van der Waals surface area contributed by atoms with Gasteiger partial charge in [-0.2, -0.15) is 5.26 Å². The van der Waals surface area contributed by atoms with E-state index in [1.54, 1.807) is 12.1 Å². The van der Waals surface area contributed by atoms with Gasteiger partial charge in [0, 0.05) is 24.8 Å². The maximum absolute atomic E-state index is 12.4. The average molecular weight is 379 g/mol. The molecule has 1 aliphatic rings. The second-order valence-corrected chi connectivity index (χ2v) is 7.17. The number of likely N-dealkylation sites (N-methyl/N-ethyl adjacent to an activating group) is 1. The number of urea groups is 1. The number of hydrogen-bond acceptors (Lipinski definition) is 6. The third kappa shape index (κ3) is 4.56. The molecule has 3 N–H and O–H groups in total. The zero-order valence-corrected chi connectivity index (χ0v) is 16.3. The van der Waals surface area contributed by atoms with E-state index in [9.17, 15) is 4.79 Å². The van der Waals surface area contributed by atoms with Gasteiger partial charge in [-0.1, -0.05) is 26.0 Å². The summed E-state index contributed by atoms with van der Waals surface area (Å²) in [6.07, 6.45) is 0. The maximum Gasteiger partial charge on any atom is 0.319 e. The first kappa shape index (κ1) is 19.6. The first-order valence-electron chi connectivity index (χ1n) is 9.33. The molecule has 146 valence electrons. The highest BCUT2D eigenvalue weighted by Gasteiger charge is 2.33. The van der Waals surface area contributed by atoms with E-state index in [1.807, 2.05) is 42.3 Å². The molecule has 1 saturated heterocycles. The van der Waals surface area contributed by atoms with E-state index in [1.165, 1.54) is 5.56 Å². The van der Waals surface area contributed by atoms with E-state index in [0.29, 0.717) is 24.8 Å². The van der Waals surface area contributed by atoms with Gasteiger partial charge in [-0.3, -0.25) is 0 Å². The number of nitriles is 1. The van der Waals surface area contributed by atoms with Gasteiger partial charge in [0.1, 0.15) is 6.07 Å². The summed E-state index contributed by atoms with van der Waals surface area (Å²) in [5.74, 6) is 1.14. The zero-order valence-electron chi connectivity index (χ0n) is 16.3. The summed E-state index contributed by atoms with van der Waals surface area (Å²) in [5, 5.41) is 26.0. The van der Waals surface area contributed by atoms with Crippen molar-refractivity contribution < 1.29 is 4.79 Å².